The highest BCUT2D eigenvalue weighted by atomic mass is 32.2. The van der Waals surface area contributed by atoms with Crippen molar-refractivity contribution in [3.8, 4) is 0 Å². The van der Waals surface area contributed by atoms with Gasteiger partial charge in [-0.2, -0.15) is 0 Å². The minimum Gasteiger partial charge on any atom is -0.399 e. The van der Waals surface area contributed by atoms with Gasteiger partial charge in [0.1, 0.15) is 0 Å². The smallest absolute Gasteiger partial charge is 0.240 e. The summed E-state index contributed by atoms with van der Waals surface area (Å²) in [5.74, 6) is 0. The fraction of sp³-hybridized carbons (Fsp3) is 0.0769. The number of nitrogens with one attached hydrogen (secondary N) is 2. The Morgan fingerprint density at radius 2 is 1.37 bits per heavy atom. The van der Waals surface area contributed by atoms with Crippen LogP contribution >= 0.6 is 0 Å². The van der Waals surface area contributed by atoms with Gasteiger partial charge in [-0.1, -0.05) is 0 Å². The van der Waals surface area contributed by atoms with Crippen LogP contribution in [0.1, 0.15) is 0 Å². The van der Waals surface area contributed by atoms with Crippen LogP contribution in [0.15, 0.2) is 53.4 Å². The zero-order valence-corrected chi connectivity index (χ0v) is 11.2. The molecule has 2 aromatic rings. The maximum atomic E-state index is 11.6. The number of sulfonamides is 1. The van der Waals surface area contributed by atoms with Gasteiger partial charge in [0.15, 0.2) is 0 Å². The minimum absolute atomic E-state index is 0.234. The molecule has 2 rings (SSSR count). The monoisotopic (exact) mass is 277 g/mol. The Kier molecular flexibility index (Phi) is 3.73. The molecule has 0 saturated carbocycles. The zero-order valence-electron chi connectivity index (χ0n) is 10.4. The second kappa shape index (κ2) is 5.29. The molecule has 19 heavy (non-hydrogen) atoms. The maximum absolute atomic E-state index is 11.6. The van der Waals surface area contributed by atoms with E-state index in [1.807, 2.05) is 12.1 Å². The highest BCUT2D eigenvalue weighted by Gasteiger charge is 2.10. The van der Waals surface area contributed by atoms with E-state index in [9.17, 15) is 8.42 Å². The van der Waals surface area contributed by atoms with Gasteiger partial charge in [0.05, 0.1) is 4.90 Å². The van der Waals surface area contributed by atoms with E-state index < -0.39 is 10.0 Å². The molecule has 0 fully saturated rings. The summed E-state index contributed by atoms with van der Waals surface area (Å²) < 4.78 is 25.4. The van der Waals surface area contributed by atoms with Crippen molar-refractivity contribution >= 4 is 27.1 Å². The van der Waals surface area contributed by atoms with Crippen LogP contribution in [0.2, 0.25) is 0 Å². The predicted molar refractivity (Wildman–Crippen MR) is 76.8 cm³/mol. The second-order valence-electron chi connectivity index (χ2n) is 3.98. The quantitative estimate of drug-likeness (QED) is 0.745. The minimum atomic E-state index is -3.39. The Labute approximate surface area is 112 Å². The summed E-state index contributed by atoms with van der Waals surface area (Å²) in [6, 6.07) is 13.8. The Bertz CT molecular complexity index is 649. The van der Waals surface area contributed by atoms with E-state index in [-0.39, 0.29) is 4.90 Å². The molecule has 0 radical (unpaired) electrons. The SMILES string of the molecule is CNS(=O)(=O)c1ccc(Nc2ccc(N)cc2)cc1. The van der Waals surface area contributed by atoms with Crippen LogP contribution in [0.25, 0.3) is 0 Å². The third kappa shape index (κ3) is 3.24. The zero-order chi connectivity index (χ0) is 13.9. The van der Waals surface area contributed by atoms with E-state index in [2.05, 4.69) is 10.0 Å². The highest BCUT2D eigenvalue weighted by Crippen LogP contribution is 2.19. The molecule has 0 unspecified atom stereocenters. The Hall–Kier alpha value is -2.05. The van der Waals surface area contributed by atoms with Gasteiger partial charge in [-0.25, -0.2) is 13.1 Å². The molecule has 0 aliphatic carbocycles. The molecule has 0 amide bonds. The van der Waals surface area contributed by atoms with Crippen LogP contribution in [0.5, 0.6) is 0 Å². The van der Waals surface area contributed by atoms with Gasteiger partial charge < -0.3 is 11.1 Å². The van der Waals surface area contributed by atoms with Crippen molar-refractivity contribution in [2.24, 2.45) is 0 Å². The fourth-order valence-corrected chi connectivity index (χ4v) is 2.30. The lowest BCUT2D eigenvalue weighted by Crippen LogP contribution is -2.18. The molecule has 2 aromatic carbocycles. The molecule has 100 valence electrons. The number of anilines is 3. The molecule has 0 heterocycles. The van der Waals surface area contributed by atoms with Crippen LogP contribution in [-0.2, 0) is 10.0 Å². The van der Waals surface area contributed by atoms with Crippen LogP contribution < -0.4 is 15.8 Å². The average Bonchev–Trinajstić information content (AvgIpc) is 2.42. The molecule has 0 aromatic heterocycles. The lowest BCUT2D eigenvalue weighted by Gasteiger charge is -2.08. The third-order valence-electron chi connectivity index (χ3n) is 2.63. The standard InChI is InChI=1S/C13H15N3O2S/c1-15-19(17,18)13-8-6-12(7-9-13)16-11-4-2-10(14)3-5-11/h2-9,15-16H,14H2,1H3. The number of nitrogen functional groups attached to an aromatic ring is 1. The number of hydrogen-bond donors (Lipinski definition) is 3. The van der Waals surface area contributed by atoms with Gasteiger partial charge in [-0.3, -0.25) is 0 Å². The van der Waals surface area contributed by atoms with Gasteiger partial charge in [0.25, 0.3) is 0 Å². The van der Waals surface area contributed by atoms with Gasteiger partial charge >= 0.3 is 0 Å². The summed E-state index contributed by atoms with van der Waals surface area (Å²) in [7, 11) is -2.00. The first-order valence-electron chi connectivity index (χ1n) is 5.67. The number of benzene rings is 2. The summed E-state index contributed by atoms with van der Waals surface area (Å²) in [6.45, 7) is 0. The lowest BCUT2D eigenvalue weighted by molar-refractivity contribution is 0.588. The predicted octanol–water partition coefficient (Wildman–Crippen LogP) is 1.92. The van der Waals surface area contributed by atoms with E-state index in [1.54, 1.807) is 36.4 Å². The molecular weight excluding hydrogens is 262 g/mol. The molecule has 0 bridgehead atoms. The molecule has 0 spiro atoms. The van der Waals surface area contributed by atoms with E-state index in [1.165, 1.54) is 7.05 Å². The van der Waals surface area contributed by atoms with Crippen molar-refractivity contribution in [3.63, 3.8) is 0 Å². The van der Waals surface area contributed by atoms with Crippen molar-refractivity contribution in [2.45, 2.75) is 4.90 Å². The number of nitrogens with two attached hydrogens (primary N) is 1. The first-order valence-corrected chi connectivity index (χ1v) is 7.16. The number of hydrogen-bond acceptors (Lipinski definition) is 4. The van der Waals surface area contributed by atoms with Crippen LogP contribution in [0.3, 0.4) is 0 Å². The fourth-order valence-electron chi connectivity index (χ4n) is 1.57. The van der Waals surface area contributed by atoms with Gasteiger partial charge in [0.2, 0.25) is 10.0 Å². The largest absolute Gasteiger partial charge is 0.399 e. The van der Waals surface area contributed by atoms with Gasteiger partial charge in [-0.15, -0.1) is 0 Å². The van der Waals surface area contributed by atoms with Crippen LogP contribution in [0, 0.1) is 0 Å². The molecule has 4 N–H and O–H groups in total. The molecule has 5 nitrogen and oxygen atoms in total. The number of rotatable bonds is 4. The van der Waals surface area contributed by atoms with Crippen molar-refractivity contribution in [1.82, 2.24) is 4.72 Å². The van der Waals surface area contributed by atoms with Crippen LogP contribution in [-0.4, -0.2) is 15.5 Å². The molecular formula is C13H15N3O2S. The summed E-state index contributed by atoms with van der Waals surface area (Å²) >= 11 is 0. The summed E-state index contributed by atoms with van der Waals surface area (Å²) in [5, 5.41) is 3.16. The second-order valence-corrected chi connectivity index (χ2v) is 5.87. The average molecular weight is 277 g/mol. The Morgan fingerprint density at radius 3 is 1.84 bits per heavy atom. The summed E-state index contributed by atoms with van der Waals surface area (Å²) in [5.41, 5.74) is 7.99. The summed E-state index contributed by atoms with van der Waals surface area (Å²) in [4.78, 5) is 0.234. The molecule has 0 aliphatic heterocycles. The van der Waals surface area contributed by atoms with Crippen molar-refractivity contribution in [2.75, 3.05) is 18.1 Å². The normalized spacial score (nSPS) is 11.2. The topological polar surface area (TPSA) is 84.2 Å². The maximum Gasteiger partial charge on any atom is 0.240 e. The highest BCUT2D eigenvalue weighted by molar-refractivity contribution is 7.89. The lowest BCUT2D eigenvalue weighted by atomic mass is 10.2. The third-order valence-corrected chi connectivity index (χ3v) is 4.06. The van der Waals surface area contributed by atoms with Crippen molar-refractivity contribution in [3.05, 3.63) is 48.5 Å². The van der Waals surface area contributed by atoms with Crippen molar-refractivity contribution in [1.29, 1.82) is 0 Å². The Balaban J connectivity index is 2.17. The molecule has 0 aliphatic rings. The molecule has 0 atom stereocenters. The van der Waals surface area contributed by atoms with Gasteiger partial charge in [0, 0.05) is 17.1 Å². The Morgan fingerprint density at radius 1 is 0.895 bits per heavy atom. The van der Waals surface area contributed by atoms with E-state index >= 15 is 0 Å². The van der Waals surface area contributed by atoms with Crippen LogP contribution in [0.4, 0.5) is 17.1 Å². The van der Waals surface area contributed by atoms with Crippen molar-refractivity contribution < 1.29 is 8.42 Å². The summed E-state index contributed by atoms with van der Waals surface area (Å²) in [6.07, 6.45) is 0. The van der Waals surface area contributed by atoms with E-state index in [0.29, 0.717) is 5.69 Å². The molecule has 6 heteroatoms. The van der Waals surface area contributed by atoms with E-state index in [4.69, 9.17) is 5.73 Å². The van der Waals surface area contributed by atoms with E-state index in [0.717, 1.165) is 11.4 Å². The first kappa shape index (κ1) is 13.4. The molecule has 0 saturated heterocycles. The van der Waals surface area contributed by atoms with Gasteiger partial charge in [-0.05, 0) is 55.6 Å². The first-order chi connectivity index (χ1) is 9.01.